The summed E-state index contributed by atoms with van der Waals surface area (Å²) in [5.74, 6) is 0.958. The van der Waals surface area contributed by atoms with Crippen LogP contribution in [0, 0.1) is 19.3 Å². The molecule has 0 N–H and O–H groups in total. The summed E-state index contributed by atoms with van der Waals surface area (Å²) in [6, 6.07) is 0. The lowest BCUT2D eigenvalue weighted by molar-refractivity contribution is -0.123. The smallest absolute Gasteiger partial charge is 0.277 e. The molecular weight excluding hydrogens is 368 g/mol. The highest BCUT2D eigenvalue weighted by Crippen LogP contribution is 2.24. The minimum atomic E-state index is -0.355. The molecule has 0 aromatic carbocycles. The summed E-state index contributed by atoms with van der Waals surface area (Å²) in [5.41, 5.74) is 1.57. The van der Waals surface area contributed by atoms with Gasteiger partial charge in [-0.1, -0.05) is 32.5 Å². The van der Waals surface area contributed by atoms with Crippen molar-refractivity contribution in [2.75, 3.05) is 5.75 Å². The number of aryl methyl sites for hydroxylation is 1. The Morgan fingerprint density at radius 1 is 1.32 bits per heavy atom. The van der Waals surface area contributed by atoms with Gasteiger partial charge in [0.15, 0.2) is 0 Å². The Morgan fingerprint density at radius 2 is 2.00 bits per heavy atom. The van der Waals surface area contributed by atoms with E-state index in [0.717, 1.165) is 15.9 Å². The molecule has 0 spiro atoms. The van der Waals surface area contributed by atoms with E-state index in [1.165, 1.54) is 11.8 Å². The molecule has 0 saturated heterocycles. The van der Waals surface area contributed by atoms with Gasteiger partial charge < -0.3 is 4.42 Å². The molecule has 0 saturated carbocycles. The molecule has 0 aliphatic heterocycles. The first-order valence-electron chi connectivity index (χ1n) is 6.86. The molecular formula is C14H19BrN4O2S. The zero-order chi connectivity index (χ0) is 16.5. The van der Waals surface area contributed by atoms with Gasteiger partial charge in [0.25, 0.3) is 5.22 Å². The molecule has 0 unspecified atom stereocenters. The Morgan fingerprint density at radius 3 is 2.55 bits per heavy atom. The van der Waals surface area contributed by atoms with Crippen LogP contribution >= 0.6 is 27.7 Å². The van der Waals surface area contributed by atoms with E-state index in [-0.39, 0.29) is 11.2 Å². The summed E-state index contributed by atoms with van der Waals surface area (Å²) < 4.78 is 8.36. The minimum absolute atomic E-state index is 0.153. The molecule has 2 rings (SSSR count). The summed E-state index contributed by atoms with van der Waals surface area (Å²) in [7, 11) is 0. The largest absolute Gasteiger partial charge is 0.414 e. The fourth-order valence-corrected chi connectivity index (χ4v) is 2.89. The lowest BCUT2D eigenvalue weighted by atomic mass is 9.92. The number of nitrogens with zero attached hydrogens (tertiary/aromatic N) is 4. The molecule has 0 aliphatic carbocycles. The van der Waals surface area contributed by atoms with Crippen LogP contribution in [0.25, 0.3) is 0 Å². The van der Waals surface area contributed by atoms with Crippen molar-refractivity contribution in [1.82, 2.24) is 20.0 Å². The number of halogens is 1. The minimum Gasteiger partial charge on any atom is -0.414 e. The number of hydrogen-bond acceptors (Lipinski definition) is 6. The fourth-order valence-electron chi connectivity index (χ4n) is 1.66. The van der Waals surface area contributed by atoms with E-state index < -0.39 is 0 Å². The van der Waals surface area contributed by atoms with Crippen molar-refractivity contribution in [1.29, 1.82) is 0 Å². The summed E-state index contributed by atoms with van der Waals surface area (Å²) in [4.78, 5) is 11.9. The third-order valence-electron chi connectivity index (χ3n) is 3.19. The monoisotopic (exact) mass is 386 g/mol. The maximum absolute atomic E-state index is 11.9. The number of aromatic nitrogens is 4. The highest BCUT2D eigenvalue weighted by molar-refractivity contribution is 9.10. The van der Waals surface area contributed by atoms with Crippen LogP contribution in [-0.2, 0) is 11.3 Å². The average Bonchev–Trinajstić information content (AvgIpc) is 2.97. The van der Waals surface area contributed by atoms with Gasteiger partial charge in [0.1, 0.15) is 12.3 Å². The molecule has 0 atom stereocenters. The van der Waals surface area contributed by atoms with Crippen molar-refractivity contribution < 1.29 is 9.21 Å². The number of ketones is 1. The van der Waals surface area contributed by atoms with E-state index in [9.17, 15) is 4.79 Å². The van der Waals surface area contributed by atoms with Crippen molar-refractivity contribution >= 4 is 33.5 Å². The second-order valence-corrected chi connectivity index (χ2v) is 7.79. The molecule has 2 aromatic heterocycles. The van der Waals surface area contributed by atoms with Gasteiger partial charge in [-0.3, -0.25) is 9.48 Å². The molecule has 2 aromatic rings. The van der Waals surface area contributed by atoms with Crippen LogP contribution in [-0.4, -0.2) is 31.5 Å². The first kappa shape index (κ1) is 17.2. The van der Waals surface area contributed by atoms with E-state index in [4.69, 9.17) is 4.42 Å². The van der Waals surface area contributed by atoms with Gasteiger partial charge in [-0.15, -0.1) is 10.2 Å². The number of carbonyl (C=O) groups is 1. The normalized spacial score (nSPS) is 11.9. The maximum atomic E-state index is 11.9. The molecule has 0 amide bonds. The predicted molar refractivity (Wildman–Crippen MR) is 88.0 cm³/mol. The second-order valence-electron chi connectivity index (χ2n) is 6.07. The first-order chi connectivity index (χ1) is 10.2. The van der Waals surface area contributed by atoms with Gasteiger partial charge in [0, 0.05) is 5.41 Å². The van der Waals surface area contributed by atoms with E-state index in [1.54, 1.807) is 0 Å². The highest BCUT2D eigenvalue weighted by Gasteiger charge is 2.22. The third kappa shape index (κ3) is 3.98. The molecule has 0 aliphatic rings. The molecule has 22 heavy (non-hydrogen) atoms. The zero-order valence-electron chi connectivity index (χ0n) is 13.3. The van der Waals surface area contributed by atoms with Crippen molar-refractivity contribution in [2.24, 2.45) is 5.41 Å². The Bertz CT molecular complexity index is 688. The van der Waals surface area contributed by atoms with Gasteiger partial charge in [0.2, 0.25) is 5.89 Å². The number of hydrogen-bond donors (Lipinski definition) is 0. The molecule has 0 fully saturated rings. The summed E-state index contributed by atoms with van der Waals surface area (Å²) >= 11 is 4.76. The zero-order valence-corrected chi connectivity index (χ0v) is 15.7. The molecule has 8 heteroatoms. The van der Waals surface area contributed by atoms with E-state index in [0.29, 0.717) is 23.4 Å². The predicted octanol–water partition coefficient (Wildman–Crippen LogP) is 3.40. The second kappa shape index (κ2) is 6.54. The van der Waals surface area contributed by atoms with Crippen molar-refractivity contribution in [3.63, 3.8) is 0 Å². The molecule has 0 radical (unpaired) electrons. The Labute approximate surface area is 142 Å². The lowest BCUT2D eigenvalue weighted by Crippen LogP contribution is -2.21. The van der Waals surface area contributed by atoms with Crippen LogP contribution in [0.5, 0.6) is 0 Å². The van der Waals surface area contributed by atoms with Crippen LogP contribution in [0.2, 0.25) is 0 Å². The molecule has 120 valence electrons. The summed E-state index contributed by atoms with van der Waals surface area (Å²) in [6.45, 7) is 10.0. The number of carbonyl (C=O) groups excluding carboxylic acids is 1. The molecule has 2 heterocycles. The van der Waals surface area contributed by atoms with Gasteiger partial charge in [-0.05, 0) is 29.8 Å². The van der Waals surface area contributed by atoms with Crippen LogP contribution in [0.1, 0.15) is 38.0 Å². The van der Waals surface area contributed by atoms with E-state index in [1.807, 2.05) is 39.3 Å². The maximum Gasteiger partial charge on any atom is 0.277 e. The Balaban J connectivity index is 2.00. The van der Waals surface area contributed by atoms with Crippen LogP contribution < -0.4 is 0 Å². The SMILES string of the molecule is Cc1nn(Cc2nnc(SCC(=O)C(C)(C)C)o2)c(C)c1Br. The van der Waals surface area contributed by atoms with E-state index >= 15 is 0 Å². The third-order valence-corrected chi connectivity index (χ3v) is 5.16. The standard InChI is InChI=1S/C14H19BrN4O2S/c1-8-12(15)9(2)19(18-8)6-11-16-17-13(21-11)22-7-10(20)14(3,4)5/h6-7H2,1-5H3. The topological polar surface area (TPSA) is 73.8 Å². The van der Waals surface area contributed by atoms with E-state index in [2.05, 4.69) is 31.2 Å². The van der Waals surface area contributed by atoms with Gasteiger partial charge >= 0.3 is 0 Å². The Hall–Kier alpha value is -1.15. The number of rotatable bonds is 5. The fraction of sp³-hybridized carbons (Fsp3) is 0.571. The molecule has 6 nitrogen and oxygen atoms in total. The van der Waals surface area contributed by atoms with Crippen molar-refractivity contribution in [2.45, 2.75) is 46.4 Å². The first-order valence-corrected chi connectivity index (χ1v) is 8.64. The van der Waals surface area contributed by atoms with Crippen molar-refractivity contribution in [3.05, 3.63) is 21.8 Å². The van der Waals surface area contributed by atoms with Crippen LogP contribution in [0.15, 0.2) is 14.1 Å². The highest BCUT2D eigenvalue weighted by atomic mass is 79.9. The Kier molecular flexibility index (Phi) is 5.11. The van der Waals surface area contributed by atoms with Gasteiger partial charge in [-0.25, -0.2) is 0 Å². The number of thioether (sulfide) groups is 1. The lowest BCUT2D eigenvalue weighted by Gasteiger charge is -2.14. The van der Waals surface area contributed by atoms with Crippen LogP contribution in [0.4, 0.5) is 0 Å². The average molecular weight is 387 g/mol. The quantitative estimate of drug-likeness (QED) is 0.733. The van der Waals surface area contributed by atoms with Crippen molar-refractivity contribution in [3.8, 4) is 0 Å². The summed E-state index contributed by atoms with van der Waals surface area (Å²) in [5, 5.41) is 12.8. The summed E-state index contributed by atoms with van der Waals surface area (Å²) in [6.07, 6.45) is 0. The number of Topliss-reactive ketones (excluding diaryl/α,β-unsaturated/α-hetero) is 1. The molecule has 0 bridgehead atoms. The van der Waals surface area contributed by atoms with Gasteiger partial charge in [-0.2, -0.15) is 5.10 Å². The van der Waals surface area contributed by atoms with Crippen LogP contribution in [0.3, 0.4) is 0 Å². The van der Waals surface area contributed by atoms with Gasteiger partial charge in [0.05, 0.1) is 21.6 Å².